The second-order valence-corrected chi connectivity index (χ2v) is 4.84. The largest absolute Gasteiger partial charge is 0.321 e. The Labute approximate surface area is 132 Å². The highest BCUT2D eigenvalue weighted by molar-refractivity contribution is 6.09. The molecule has 0 saturated heterocycles. The molecule has 0 aliphatic heterocycles. The van der Waals surface area contributed by atoms with Crippen LogP contribution >= 0.6 is 0 Å². The summed E-state index contributed by atoms with van der Waals surface area (Å²) >= 11 is 0. The van der Waals surface area contributed by atoms with Crippen molar-refractivity contribution in [2.24, 2.45) is 0 Å². The Morgan fingerprint density at radius 2 is 1.78 bits per heavy atom. The topological polar surface area (TPSA) is 96.0 Å². The van der Waals surface area contributed by atoms with Crippen LogP contribution in [0, 0.1) is 28.4 Å². The minimum absolute atomic E-state index is 0.0489. The molecule has 1 N–H and O–H groups in total. The van der Waals surface area contributed by atoms with Gasteiger partial charge in [0.25, 0.3) is 11.6 Å². The van der Waals surface area contributed by atoms with Crippen LogP contribution in [0.25, 0.3) is 6.08 Å². The van der Waals surface area contributed by atoms with Crippen molar-refractivity contribution in [3.63, 3.8) is 0 Å². The Morgan fingerprint density at radius 1 is 1.17 bits per heavy atom. The van der Waals surface area contributed by atoms with E-state index in [1.165, 1.54) is 30.3 Å². The van der Waals surface area contributed by atoms with E-state index in [2.05, 4.69) is 5.32 Å². The lowest BCUT2D eigenvalue weighted by molar-refractivity contribution is -0.384. The molecule has 114 valence electrons. The summed E-state index contributed by atoms with van der Waals surface area (Å²) in [7, 11) is 0. The van der Waals surface area contributed by atoms with Crippen molar-refractivity contribution in [1.29, 1.82) is 5.26 Å². The number of nitrogens with zero attached hydrogens (tertiary/aromatic N) is 2. The summed E-state index contributed by atoms with van der Waals surface area (Å²) in [5, 5.41) is 22.3. The minimum atomic E-state index is -0.568. The second kappa shape index (κ2) is 7.00. The predicted molar refractivity (Wildman–Crippen MR) is 86.5 cm³/mol. The van der Waals surface area contributed by atoms with Gasteiger partial charge in [-0.1, -0.05) is 29.8 Å². The molecule has 0 spiro atoms. The third kappa shape index (κ3) is 4.25. The summed E-state index contributed by atoms with van der Waals surface area (Å²) in [6.45, 7) is 1.94. The number of hydrogen-bond acceptors (Lipinski definition) is 4. The van der Waals surface area contributed by atoms with Crippen LogP contribution in [0.3, 0.4) is 0 Å². The normalized spacial score (nSPS) is 10.7. The Morgan fingerprint density at radius 3 is 2.30 bits per heavy atom. The molecule has 23 heavy (non-hydrogen) atoms. The number of aryl methyl sites for hydroxylation is 1. The maximum atomic E-state index is 12.1. The molecule has 2 rings (SSSR count). The van der Waals surface area contributed by atoms with Crippen LogP contribution in [-0.4, -0.2) is 10.8 Å². The molecule has 6 nitrogen and oxygen atoms in total. The van der Waals surface area contributed by atoms with Gasteiger partial charge in [0.05, 0.1) is 4.92 Å². The molecule has 0 bridgehead atoms. The third-order valence-corrected chi connectivity index (χ3v) is 3.09. The Bertz CT molecular complexity index is 800. The summed E-state index contributed by atoms with van der Waals surface area (Å²) in [5.41, 5.74) is 2.08. The number of carbonyl (C=O) groups is 1. The van der Waals surface area contributed by atoms with Crippen LogP contribution in [0.1, 0.15) is 11.1 Å². The van der Waals surface area contributed by atoms with Crippen molar-refractivity contribution in [1.82, 2.24) is 0 Å². The van der Waals surface area contributed by atoms with Crippen molar-refractivity contribution >= 4 is 23.4 Å². The lowest BCUT2D eigenvalue weighted by Crippen LogP contribution is -2.13. The lowest BCUT2D eigenvalue weighted by Gasteiger charge is -2.04. The zero-order valence-electron chi connectivity index (χ0n) is 12.3. The van der Waals surface area contributed by atoms with E-state index in [9.17, 15) is 14.9 Å². The van der Waals surface area contributed by atoms with Gasteiger partial charge >= 0.3 is 0 Å². The monoisotopic (exact) mass is 307 g/mol. The number of nitro groups is 1. The molecule has 0 aliphatic rings. The number of amides is 1. The van der Waals surface area contributed by atoms with E-state index in [1.54, 1.807) is 0 Å². The van der Waals surface area contributed by atoms with Gasteiger partial charge in [0.1, 0.15) is 11.6 Å². The fourth-order valence-electron chi connectivity index (χ4n) is 1.84. The smallest absolute Gasteiger partial charge is 0.269 e. The molecule has 6 heteroatoms. The number of nitriles is 1. The third-order valence-electron chi connectivity index (χ3n) is 3.09. The highest BCUT2D eigenvalue weighted by Crippen LogP contribution is 2.16. The molecule has 0 aromatic heterocycles. The van der Waals surface area contributed by atoms with E-state index < -0.39 is 10.8 Å². The molecule has 0 unspecified atom stereocenters. The molecule has 1 amide bonds. The maximum Gasteiger partial charge on any atom is 0.269 e. The molecular formula is C17H13N3O3. The molecule has 2 aromatic rings. The summed E-state index contributed by atoms with van der Waals surface area (Å²) in [6, 6.07) is 14.6. The molecule has 0 fully saturated rings. The summed E-state index contributed by atoms with van der Waals surface area (Å²) in [4.78, 5) is 22.2. The van der Waals surface area contributed by atoms with E-state index in [4.69, 9.17) is 5.26 Å². The molecule has 0 saturated carbocycles. The van der Waals surface area contributed by atoms with E-state index in [0.29, 0.717) is 5.69 Å². The average molecular weight is 307 g/mol. The van der Waals surface area contributed by atoms with Gasteiger partial charge in [0, 0.05) is 17.8 Å². The van der Waals surface area contributed by atoms with Crippen LogP contribution in [-0.2, 0) is 4.79 Å². The zero-order valence-corrected chi connectivity index (χ0v) is 12.3. The zero-order chi connectivity index (χ0) is 16.8. The van der Waals surface area contributed by atoms with Gasteiger partial charge in [-0.2, -0.15) is 5.26 Å². The fraction of sp³-hybridized carbons (Fsp3) is 0.0588. The molecule has 0 radical (unpaired) electrons. The Hall–Kier alpha value is -3.46. The van der Waals surface area contributed by atoms with E-state index in [0.717, 1.165) is 11.1 Å². The van der Waals surface area contributed by atoms with Crippen molar-refractivity contribution in [3.05, 3.63) is 75.3 Å². The van der Waals surface area contributed by atoms with Crippen LogP contribution in [0.15, 0.2) is 54.1 Å². The minimum Gasteiger partial charge on any atom is -0.321 e. The lowest BCUT2D eigenvalue weighted by atomic mass is 10.1. The highest BCUT2D eigenvalue weighted by atomic mass is 16.6. The van der Waals surface area contributed by atoms with E-state index in [1.807, 2.05) is 37.3 Å². The summed E-state index contributed by atoms with van der Waals surface area (Å²) in [6.07, 6.45) is 1.49. The van der Waals surface area contributed by atoms with Crippen LogP contribution in [0.2, 0.25) is 0 Å². The summed E-state index contributed by atoms with van der Waals surface area (Å²) in [5.74, 6) is -0.568. The van der Waals surface area contributed by atoms with Gasteiger partial charge in [-0.3, -0.25) is 14.9 Å². The summed E-state index contributed by atoms with van der Waals surface area (Å²) < 4.78 is 0. The first-order chi connectivity index (χ1) is 11.0. The predicted octanol–water partition coefficient (Wildman–Crippen LogP) is 3.45. The molecule has 2 aromatic carbocycles. The van der Waals surface area contributed by atoms with Gasteiger partial charge in [0.15, 0.2) is 0 Å². The van der Waals surface area contributed by atoms with Crippen LogP contribution in [0.4, 0.5) is 11.4 Å². The number of anilines is 1. The SMILES string of the molecule is Cc1ccc(C=C(C#N)C(=O)Nc2ccc([N+](=O)[O-])cc2)cc1. The van der Waals surface area contributed by atoms with Gasteiger partial charge in [0.2, 0.25) is 0 Å². The van der Waals surface area contributed by atoms with Gasteiger partial charge in [-0.15, -0.1) is 0 Å². The van der Waals surface area contributed by atoms with E-state index >= 15 is 0 Å². The highest BCUT2D eigenvalue weighted by Gasteiger charge is 2.11. The maximum absolute atomic E-state index is 12.1. The van der Waals surface area contributed by atoms with Crippen molar-refractivity contribution in [2.45, 2.75) is 6.92 Å². The van der Waals surface area contributed by atoms with Gasteiger partial charge in [-0.05, 0) is 30.7 Å². The van der Waals surface area contributed by atoms with Crippen LogP contribution < -0.4 is 5.32 Å². The molecule has 0 heterocycles. The number of rotatable bonds is 4. The fourth-order valence-corrected chi connectivity index (χ4v) is 1.84. The van der Waals surface area contributed by atoms with E-state index in [-0.39, 0.29) is 11.3 Å². The average Bonchev–Trinajstić information content (AvgIpc) is 2.54. The van der Waals surface area contributed by atoms with Crippen molar-refractivity contribution in [2.75, 3.05) is 5.32 Å². The number of benzene rings is 2. The van der Waals surface area contributed by atoms with Gasteiger partial charge < -0.3 is 5.32 Å². The number of non-ortho nitro benzene ring substituents is 1. The number of nitrogens with one attached hydrogen (secondary N) is 1. The number of nitro benzene ring substituents is 1. The quantitative estimate of drug-likeness (QED) is 0.405. The van der Waals surface area contributed by atoms with Crippen LogP contribution in [0.5, 0.6) is 0 Å². The number of carbonyl (C=O) groups excluding carboxylic acids is 1. The molecule has 0 aliphatic carbocycles. The van der Waals surface area contributed by atoms with Gasteiger partial charge in [-0.25, -0.2) is 0 Å². The Balaban J connectivity index is 2.15. The molecule has 0 atom stereocenters. The molecular weight excluding hydrogens is 294 g/mol. The second-order valence-electron chi connectivity index (χ2n) is 4.84. The van der Waals surface area contributed by atoms with Crippen molar-refractivity contribution < 1.29 is 9.72 Å². The standard InChI is InChI=1S/C17H13N3O3/c1-12-2-4-13(5-3-12)10-14(11-18)17(21)19-15-6-8-16(9-7-15)20(22)23/h2-10H,1H3,(H,19,21). The van der Waals surface area contributed by atoms with Crippen molar-refractivity contribution in [3.8, 4) is 6.07 Å². The first-order valence-electron chi connectivity index (χ1n) is 6.74. The Kier molecular flexibility index (Phi) is 4.85. The number of hydrogen-bond donors (Lipinski definition) is 1. The first-order valence-corrected chi connectivity index (χ1v) is 6.74. The first kappa shape index (κ1) is 15.9.